The molecule has 0 atom stereocenters. The van der Waals surface area contributed by atoms with E-state index in [0.29, 0.717) is 26.9 Å². The van der Waals surface area contributed by atoms with Gasteiger partial charge in [-0.15, -0.1) is 0 Å². The van der Waals surface area contributed by atoms with Gasteiger partial charge in [0.05, 0.1) is 5.39 Å². The molecule has 1 heterocycles. The van der Waals surface area contributed by atoms with Gasteiger partial charge in [0.15, 0.2) is 12.4 Å². The predicted molar refractivity (Wildman–Crippen MR) is 133 cm³/mol. The van der Waals surface area contributed by atoms with Gasteiger partial charge in [-0.25, -0.2) is 0 Å². The van der Waals surface area contributed by atoms with Crippen LogP contribution in [0.3, 0.4) is 0 Å². The van der Waals surface area contributed by atoms with Crippen LogP contribution in [-0.4, -0.2) is 12.5 Å². The first-order chi connectivity index (χ1) is 15.7. The topological polar surface area (TPSA) is 68.5 Å². The third kappa shape index (κ3) is 5.05. The van der Waals surface area contributed by atoms with Crippen LogP contribution in [0.1, 0.15) is 16.7 Å². The van der Waals surface area contributed by atoms with Gasteiger partial charge in [0.1, 0.15) is 5.58 Å². The van der Waals surface area contributed by atoms with Gasteiger partial charge in [0.25, 0.3) is 5.91 Å². The molecule has 4 rings (SSSR count). The molecule has 1 N–H and O–H groups in total. The molecule has 0 bridgehead atoms. The molecule has 3 aromatic carbocycles. The number of rotatable bonds is 5. The number of carbonyl (C=O) groups excluding carboxylic acids is 1. The van der Waals surface area contributed by atoms with E-state index in [4.69, 9.17) is 32.4 Å². The third-order valence-electron chi connectivity index (χ3n) is 5.09. The summed E-state index contributed by atoms with van der Waals surface area (Å²) in [5.74, 6) is -0.256. The average molecular weight is 482 g/mol. The molecule has 1 aromatic heterocycles. The number of fused-ring (bicyclic) bond motifs is 1. The average Bonchev–Trinajstić information content (AvgIpc) is 2.74. The summed E-state index contributed by atoms with van der Waals surface area (Å²) < 4.78 is 11.8. The molecule has 0 aliphatic heterocycles. The summed E-state index contributed by atoms with van der Waals surface area (Å²) in [5.41, 5.74) is 4.04. The fourth-order valence-electron chi connectivity index (χ4n) is 3.60. The number of anilines is 1. The number of aryl methyl sites for hydroxylation is 3. The number of hydrogen-bond donors (Lipinski definition) is 1. The van der Waals surface area contributed by atoms with Crippen LogP contribution in [0.5, 0.6) is 5.75 Å². The predicted octanol–water partition coefficient (Wildman–Crippen LogP) is 6.71. The minimum Gasteiger partial charge on any atom is -0.476 e. The van der Waals surface area contributed by atoms with E-state index in [1.54, 1.807) is 36.4 Å². The van der Waals surface area contributed by atoms with Gasteiger partial charge in [0.2, 0.25) is 11.2 Å². The normalized spacial score (nSPS) is 10.9. The molecule has 0 unspecified atom stereocenters. The number of hydrogen-bond acceptors (Lipinski definition) is 4. The van der Waals surface area contributed by atoms with E-state index in [0.717, 1.165) is 16.7 Å². The Bertz CT molecular complexity index is 1410. The molecule has 0 aliphatic carbocycles. The quantitative estimate of drug-likeness (QED) is 0.343. The van der Waals surface area contributed by atoms with E-state index in [-0.39, 0.29) is 23.5 Å². The van der Waals surface area contributed by atoms with Crippen LogP contribution in [0.15, 0.2) is 63.8 Å². The summed E-state index contributed by atoms with van der Waals surface area (Å²) in [7, 11) is 0. The van der Waals surface area contributed by atoms with E-state index in [9.17, 15) is 9.59 Å². The van der Waals surface area contributed by atoms with Crippen LogP contribution in [0.25, 0.3) is 22.3 Å². The fourth-order valence-corrected chi connectivity index (χ4v) is 3.89. The number of benzene rings is 3. The lowest BCUT2D eigenvalue weighted by molar-refractivity contribution is -0.118. The summed E-state index contributed by atoms with van der Waals surface area (Å²) in [6.45, 7) is 5.35. The second kappa shape index (κ2) is 9.30. The van der Waals surface area contributed by atoms with E-state index >= 15 is 0 Å². The molecule has 0 radical (unpaired) electrons. The largest absolute Gasteiger partial charge is 0.476 e. The Labute approximate surface area is 200 Å². The van der Waals surface area contributed by atoms with Crippen LogP contribution in [0.2, 0.25) is 10.0 Å². The van der Waals surface area contributed by atoms with Gasteiger partial charge < -0.3 is 14.5 Å². The Morgan fingerprint density at radius 3 is 2.30 bits per heavy atom. The van der Waals surface area contributed by atoms with Crippen molar-refractivity contribution >= 4 is 45.8 Å². The van der Waals surface area contributed by atoms with Gasteiger partial charge in [-0.2, -0.15) is 0 Å². The Morgan fingerprint density at radius 2 is 1.64 bits per heavy atom. The van der Waals surface area contributed by atoms with Crippen molar-refractivity contribution in [1.29, 1.82) is 0 Å². The second-order valence-corrected chi connectivity index (χ2v) is 8.75. The van der Waals surface area contributed by atoms with E-state index < -0.39 is 11.3 Å². The van der Waals surface area contributed by atoms with Gasteiger partial charge in [-0.05, 0) is 86.0 Å². The fraction of sp³-hybridized carbons (Fsp3) is 0.154. The highest BCUT2D eigenvalue weighted by Crippen LogP contribution is 2.33. The van der Waals surface area contributed by atoms with Crippen LogP contribution in [0.4, 0.5) is 5.69 Å². The number of ether oxygens (including phenoxy) is 1. The van der Waals surface area contributed by atoms with E-state index in [1.165, 1.54) is 0 Å². The Hall–Kier alpha value is -3.28. The van der Waals surface area contributed by atoms with Crippen LogP contribution < -0.4 is 15.5 Å². The Kier molecular flexibility index (Phi) is 6.45. The molecule has 4 aromatic rings. The minimum absolute atomic E-state index is 0.0692. The summed E-state index contributed by atoms with van der Waals surface area (Å²) in [5, 5.41) is 4.05. The zero-order valence-corrected chi connectivity index (χ0v) is 19.8. The van der Waals surface area contributed by atoms with Crippen LogP contribution >= 0.6 is 23.2 Å². The van der Waals surface area contributed by atoms with Gasteiger partial charge in [0, 0.05) is 21.3 Å². The van der Waals surface area contributed by atoms with E-state index in [2.05, 4.69) is 5.32 Å². The maximum Gasteiger partial charge on any atom is 0.262 e. The van der Waals surface area contributed by atoms with Gasteiger partial charge in [-0.1, -0.05) is 29.3 Å². The minimum atomic E-state index is -0.415. The summed E-state index contributed by atoms with van der Waals surface area (Å²) >= 11 is 12.2. The van der Waals surface area contributed by atoms with Crippen molar-refractivity contribution < 1.29 is 13.9 Å². The first-order valence-corrected chi connectivity index (χ1v) is 11.0. The highest BCUT2D eigenvalue weighted by Gasteiger charge is 2.20. The molecule has 33 heavy (non-hydrogen) atoms. The number of nitrogens with one attached hydrogen (secondary N) is 1. The van der Waals surface area contributed by atoms with Crippen LogP contribution in [-0.2, 0) is 4.79 Å². The zero-order chi connectivity index (χ0) is 23.7. The van der Waals surface area contributed by atoms with Crippen molar-refractivity contribution in [2.45, 2.75) is 20.8 Å². The first kappa shape index (κ1) is 22.9. The standard InChI is InChI=1S/C26H21Cl2NO4/c1-14-8-15(2)10-19(9-14)29-23(30)13-32-26-24(31)20-12-21(28)16(3)11-22(20)33-25(26)17-4-6-18(27)7-5-17/h4-12H,13H2,1-3H3,(H,29,30). The van der Waals surface area contributed by atoms with Crippen molar-refractivity contribution in [3.63, 3.8) is 0 Å². The van der Waals surface area contributed by atoms with E-state index in [1.807, 2.05) is 39.0 Å². The molecule has 168 valence electrons. The molecule has 7 heteroatoms. The van der Waals surface area contributed by atoms with Crippen molar-refractivity contribution in [3.05, 3.63) is 91.6 Å². The van der Waals surface area contributed by atoms with Crippen molar-refractivity contribution in [2.75, 3.05) is 11.9 Å². The Morgan fingerprint density at radius 1 is 0.970 bits per heavy atom. The Balaban J connectivity index is 1.71. The van der Waals surface area contributed by atoms with Gasteiger partial charge in [-0.3, -0.25) is 9.59 Å². The number of amides is 1. The van der Waals surface area contributed by atoms with Gasteiger partial charge >= 0.3 is 0 Å². The molecular weight excluding hydrogens is 461 g/mol. The lowest BCUT2D eigenvalue weighted by atomic mass is 10.1. The molecule has 0 saturated heterocycles. The van der Waals surface area contributed by atoms with Crippen molar-refractivity contribution in [2.24, 2.45) is 0 Å². The lowest BCUT2D eigenvalue weighted by Gasteiger charge is -2.13. The molecule has 0 spiro atoms. The van der Waals surface area contributed by atoms with Crippen molar-refractivity contribution in [3.8, 4) is 17.1 Å². The zero-order valence-electron chi connectivity index (χ0n) is 18.3. The molecule has 5 nitrogen and oxygen atoms in total. The first-order valence-electron chi connectivity index (χ1n) is 10.2. The summed E-state index contributed by atoms with van der Waals surface area (Å²) in [6, 6.07) is 15.8. The lowest BCUT2D eigenvalue weighted by Crippen LogP contribution is -2.22. The number of halogens is 2. The molecule has 1 amide bonds. The molecule has 0 fully saturated rings. The SMILES string of the molecule is Cc1cc(C)cc(NC(=O)COc2c(-c3ccc(Cl)cc3)oc3cc(C)c(Cl)cc3c2=O)c1. The smallest absolute Gasteiger partial charge is 0.262 e. The molecule has 0 aliphatic rings. The maximum absolute atomic E-state index is 13.3. The van der Waals surface area contributed by atoms with Crippen LogP contribution in [0, 0.1) is 20.8 Å². The molecule has 0 saturated carbocycles. The van der Waals surface area contributed by atoms with Crippen molar-refractivity contribution in [1.82, 2.24) is 0 Å². The monoisotopic (exact) mass is 481 g/mol. The second-order valence-electron chi connectivity index (χ2n) is 7.91. The number of carbonyl (C=O) groups is 1. The highest BCUT2D eigenvalue weighted by molar-refractivity contribution is 6.32. The highest BCUT2D eigenvalue weighted by atomic mass is 35.5. The maximum atomic E-state index is 13.3. The summed E-state index contributed by atoms with van der Waals surface area (Å²) in [6.07, 6.45) is 0. The summed E-state index contributed by atoms with van der Waals surface area (Å²) in [4.78, 5) is 25.9. The third-order valence-corrected chi connectivity index (χ3v) is 5.75. The molecular formula is C26H21Cl2NO4.